The number of Topliss-reactive ketones (excluding diaryl/α,β-unsaturated/α-hetero) is 1. The van der Waals surface area contributed by atoms with Crippen LogP contribution in [-0.2, 0) is 4.79 Å². The second-order valence-corrected chi connectivity index (χ2v) is 10.5. The molecule has 0 radical (unpaired) electrons. The maximum Gasteiger partial charge on any atom is 0.261 e. The summed E-state index contributed by atoms with van der Waals surface area (Å²) in [5.41, 5.74) is 0.969. The van der Waals surface area contributed by atoms with Crippen molar-refractivity contribution < 1.29 is 9.59 Å². The van der Waals surface area contributed by atoms with E-state index in [1.165, 1.54) is 31.5 Å². The summed E-state index contributed by atoms with van der Waals surface area (Å²) in [4.78, 5) is 30.0. The number of aromatic nitrogens is 3. The third-order valence-corrected chi connectivity index (χ3v) is 6.56. The fourth-order valence-corrected chi connectivity index (χ4v) is 4.62. The van der Waals surface area contributed by atoms with Gasteiger partial charge in [0.05, 0.1) is 16.5 Å². The lowest BCUT2D eigenvalue weighted by molar-refractivity contribution is -0.123. The fourth-order valence-electron chi connectivity index (χ4n) is 3.08. The number of nitrogens with zero attached hydrogens (tertiary/aromatic N) is 5. The van der Waals surface area contributed by atoms with E-state index in [4.69, 9.17) is 10.2 Å². The van der Waals surface area contributed by atoms with Crippen LogP contribution in [-0.4, -0.2) is 45.5 Å². The van der Waals surface area contributed by atoms with Crippen molar-refractivity contribution in [2.75, 3.05) is 14.1 Å². The van der Waals surface area contributed by atoms with Crippen molar-refractivity contribution in [2.24, 2.45) is 0 Å². The second kappa shape index (κ2) is 12.9. The first-order valence-electron chi connectivity index (χ1n) is 11.6. The maximum atomic E-state index is 12.0. The molecule has 1 aromatic heterocycles. The fraction of sp³-hybridized carbons (Fsp3) is 0.480. The van der Waals surface area contributed by atoms with Crippen LogP contribution in [0.3, 0.4) is 0 Å². The molecule has 1 atom stereocenters. The molecular weight excluding hydrogens is 528 g/mol. The lowest BCUT2D eigenvalue weighted by atomic mass is 10.1. The highest BCUT2D eigenvalue weighted by Crippen LogP contribution is 2.40. The molecule has 1 amide bonds. The summed E-state index contributed by atoms with van der Waals surface area (Å²) >= 11 is 4.72. The molecule has 2 heterocycles. The lowest BCUT2D eigenvalue weighted by Gasteiger charge is -2.16. The van der Waals surface area contributed by atoms with Crippen LogP contribution < -0.4 is 5.32 Å². The molecule has 2 aliphatic rings. The van der Waals surface area contributed by atoms with Gasteiger partial charge < -0.3 is 10.2 Å². The Balaban J connectivity index is 0.000000263. The van der Waals surface area contributed by atoms with Crippen LogP contribution in [0.1, 0.15) is 92.4 Å². The number of ketones is 1. The van der Waals surface area contributed by atoms with Gasteiger partial charge in [0.25, 0.3) is 5.91 Å². The van der Waals surface area contributed by atoms with Gasteiger partial charge in [-0.3, -0.25) is 9.59 Å². The number of carbonyl (C=O) groups excluding carboxylic acids is 2. The third-order valence-electron chi connectivity index (χ3n) is 5.00. The first-order valence-corrected chi connectivity index (χ1v) is 13.3. The molecule has 35 heavy (non-hydrogen) atoms. The van der Waals surface area contributed by atoms with Crippen LogP contribution in [0.2, 0.25) is 0 Å². The molecule has 0 saturated heterocycles. The number of hydrogen-bond donors (Lipinski definition) is 1. The third kappa shape index (κ3) is 7.67. The van der Waals surface area contributed by atoms with E-state index in [0.29, 0.717) is 27.9 Å². The maximum absolute atomic E-state index is 12.0. The quantitative estimate of drug-likeness (QED) is 0.478. The summed E-state index contributed by atoms with van der Waals surface area (Å²) in [5.74, 6) is 2.76. The monoisotopic (exact) mass is 560 g/mol. The average Bonchev–Trinajstić information content (AvgIpc) is 3.39. The van der Waals surface area contributed by atoms with Gasteiger partial charge in [-0.25, -0.2) is 9.67 Å². The minimum Gasteiger partial charge on any atom is -0.360 e. The molecule has 10 heteroatoms. The highest BCUT2D eigenvalue weighted by molar-refractivity contribution is 9.10. The van der Waals surface area contributed by atoms with E-state index in [9.17, 15) is 9.59 Å². The van der Waals surface area contributed by atoms with Crippen molar-refractivity contribution in [3.05, 3.63) is 56.6 Å². The van der Waals surface area contributed by atoms with Gasteiger partial charge >= 0.3 is 0 Å². The second-order valence-electron chi connectivity index (χ2n) is 8.44. The van der Waals surface area contributed by atoms with Crippen molar-refractivity contribution in [2.45, 2.75) is 64.8 Å². The average molecular weight is 562 g/mol. The van der Waals surface area contributed by atoms with Crippen molar-refractivity contribution >= 4 is 39.4 Å². The van der Waals surface area contributed by atoms with E-state index in [0.717, 1.165) is 16.1 Å². The van der Waals surface area contributed by atoms with Gasteiger partial charge in [0.2, 0.25) is 0 Å². The van der Waals surface area contributed by atoms with Crippen LogP contribution in [0.5, 0.6) is 0 Å². The molecule has 2 aromatic rings. The minimum atomic E-state index is -0.0821. The van der Waals surface area contributed by atoms with Gasteiger partial charge in [-0.2, -0.15) is 10.4 Å². The van der Waals surface area contributed by atoms with E-state index in [-0.39, 0.29) is 17.2 Å². The minimum absolute atomic E-state index is 0.0172. The van der Waals surface area contributed by atoms with Crippen LogP contribution in [0.4, 0.5) is 0 Å². The Morgan fingerprint density at radius 3 is 2.43 bits per heavy atom. The van der Waals surface area contributed by atoms with Crippen molar-refractivity contribution in [1.82, 2.24) is 25.0 Å². The number of nitriles is 1. The topological polar surface area (TPSA) is 104 Å². The summed E-state index contributed by atoms with van der Waals surface area (Å²) in [7, 11) is 3.52. The van der Waals surface area contributed by atoms with Crippen LogP contribution in [0.25, 0.3) is 0 Å². The molecule has 1 aromatic carbocycles. The first-order chi connectivity index (χ1) is 16.6. The van der Waals surface area contributed by atoms with E-state index in [1.807, 2.05) is 24.6 Å². The molecule has 188 valence electrons. The van der Waals surface area contributed by atoms with E-state index < -0.39 is 0 Å². The summed E-state index contributed by atoms with van der Waals surface area (Å²) in [6.07, 6.45) is 4.16. The number of thioether (sulfide) groups is 1. The van der Waals surface area contributed by atoms with Crippen LogP contribution in [0.15, 0.2) is 33.8 Å². The Labute approximate surface area is 220 Å². The number of rotatable bonds is 5. The Morgan fingerprint density at radius 1 is 1.26 bits per heavy atom. The molecule has 1 aliphatic carbocycles. The Kier molecular flexibility index (Phi) is 10.5. The van der Waals surface area contributed by atoms with Crippen molar-refractivity contribution in [1.29, 1.82) is 5.26 Å². The predicted molar refractivity (Wildman–Crippen MR) is 143 cm³/mol. The number of nitrogens with one attached hydrogen (secondary N) is 1. The number of benzene rings is 1. The van der Waals surface area contributed by atoms with Gasteiger partial charge in [0.1, 0.15) is 5.82 Å². The highest BCUT2D eigenvalue weighted by atomic mass is 79.9. The standard InChI is InChI=1S/C14H21N5OS.C9H6BrNO.C2H6/c1-8(2)12-16-11(9-5-6-9)17-19(12)14-15-7-10(21-14)13(20)18(3)4;1-6(12)8-2-7(5-11)3-9(10)4-8;1-2/h7-9,14-15H,5-6H2,1-4H3;2-4H,1H3;1-2H3. The zero-order valence-corrected chi connectivity index (χ0v) is 23.7. The van der Waals surface area contributed by atoms with Crippen LogP contribution in [0, 0.1) is 11.3 Å². The molecule has 1 fully saturated rings. The van der Waals surface area contributed by atoms with E-state index in [1.54, 1.807) is 43.4 Å². The molecule has 4 rings (SSSR count). The summed E-state index contributed by atoms with van der Waals surface area (Å²) in [5, 5.41) is 16.5. The zero-order valence-electron chi connectivity index (χ0n) is 21.3. The molecule has 8 nitrogen and oxygen atoms in total. The first kappa shape index (κ1) is 28.6. The van der Waals surface area contributed by atoms with Gasteiger partial charge in [0.15, 0.2) is 17.1 Å². The molecule has 1 saturated carbocycles. The number of likely N-dealkylation sites (N-methyl/N-ethyl adjacent to an activating group) is 1. The number of halogens is 1. The normalized spacial score (nSPS) is 16.1. The highest BCUT2D eigenvalue weighted by Gasteiger charge is 2.33. The number of amides is 1. The molecule has 0 bridgehead atoms. The van der Waals surface area contributed by atoms with Crippen molar-refractivity contribution in [3.8, 4) is 6.07 Å². The zero-order chi connectivity index (χ0) is 26.3. The van der Waals surface area contributed by atoms with E-state index in [2.05, 4.69) is 40.2 Å². The summed E-state index contributed by atoms with van der Waals surface area (Å²) in [6, 6.07) is 6.93. The number of hydrogen-bond acceptors (Lipinski definition) is 7. The van der Waals surface area contributed by atoms with Gasteiger partial charge in [-0.05, 0) is 38.0 Å². The van der Waals surface area contributed by atoms with Gasteiger partial charge in [0, 0.05) is 42.2 Å². The Bertz CT molecular complexity index is 1130. The summed E-state index contributed by atoms with van der Waals surface area (Å²) in [6.45, 7) is 9.72. The smallest absolute Gasteiger partial charge is 0.261 e. The number of carbonyl (C=O) groups is 2. The molecular formula is C25H33BrN6O2S. The van der Waals surface area contributed by atoms with E-state index >= 15 is 0 Å². The Morgan fingerprint density at radius 2 is 1.91 bits per heavy atom. The van der Waals surface area contributed by atoms with Crippen LogP contribution >= 0.6 is 27.7 Å². The molecule has 1 unspecified atom stereocenters. The van der Waals surface area contributed by atoms with Gasteiger partial charge in [-0.15, -0.1) is 0 Å². The summed E-state index contributed by atoms with van der Waals surface area (Å²) < 4.78 is 2.70. The van der Waals surface area contributed by atoms with Gasteiger partial charge in [-0.1, -0.05) is 55.4 Å². The van der Waals surface area contributed by atoms with Crippen molar-refractivity contribution in [3.63, 3.8) is 0 Å². The predicted octanol–water partition coefficient (Wildman–Crippen LogP) is 5.55. The molecule has 1 N–H and O–H groups in total. The lowest BCUT2D eigenvalue weighted by Crippen LogP contribution is -2.22. The molecule has 1 aliphatic heterocycles. The molecule has 0 spiro atoms. The Hall–Kier alpha value is -2.64. The SMILES string of the molecule is CC.CC(=O)c1cc(Br)cc(C#N)c1.CC(C)c1nc(C2CC2)nn1C1NC=C(C(=O)N(C)C)S1. The largest absolute Gasteiger partial charge is 0.360 e.